The summed E-state index contributed by atoms with van der Waals surface area (Å²) in [5.41, 5.74) is 1.82. The van der Waals surface area contributed by atoms with Gasteiger partial charge in [-0.1, -0.05) is 12.1 Å². The summed E-state index contributed by atoms with van der Waals surface area (Å²) in [5.74, 6) is 0.237. The van der Waals surface area contributed by atoms with Gasteiger partial charge >= 0.3 is 6.03 Å². The SMILES string of the molecule is CNC(=O)N1CCCC(c2cccc(C(=O)NCCN3CCOCC3)c2)C1. The molecule has 2 heterocycles. The minimum atomic E-state index is -0.0379. The number of morpholine rings is 1. The highest BCUT2D eigenvalue weighted by Gasteiger charge is 2.24. The van der Waals surface area contributed by atoms with Crippen LogP contribution in [0.1, 0.15) is 34.7 Å². The quantitative estimate of drug-likeness (QED) is 0.814. The number of piperidine rings is 1. The van der Waals surface area contributed by atoms with Crippen molar-refractivity contribution in [3.8, 4) is 0 Å². The van der Waals surface area contributed by atoms with Gasteiger partial charge in [0, 0.05) is 57.8 Å². The average Bonchev–Trinajstić information content (AvgIpc) is 2.74. The minimum absolute atomic E-state index is 0.0308. The van der Waals surface area contributed by atoms with E-state index in [1.54, 1.807) is 7.05 Å². The molecule has 3 rings (SSSR count). The fourth-order valence-corrected chi connectivity index (χ4v) is 3.78. The van der Waals surface area contributed by atoms with Crippen LogP contribution in [0.15, 0.2) is 24.3 Å². The van der Waals surface area contributed by atoms with E-state index in [9.17, 15) is 9.59 Å². The Morgan fingerprint density at radius 1 is 1.22 bits per heavy atom. The lowest BCUT2D eigenvalue weighted by Crippen LogP contribution is -2.43. The molecule has 2 N–H and O–H groups in total. The van der Waals surface area contributed by atoms with Crippen molar-refractivity contribution < 1.29 is 14.3 Å². The highest BCUT2D eigenvalue weighted by molar-refractivity contribution is 5.94. The van der Waals surface area contributed by atoms with Crippen molar-refractivity contribution in [2.24, 2.45) is 0 Å². The van der Waals surface area contributed by atoms with Crippen LogP contribution in [0.5, 0.6) is 0 Å². The number of hydrogen-bond donors (Lipinski definition) is 2. The van der Waals surface area contributed by atoms with Crippen molar-refractivity contribution in [1.82, 2.24) is 20.4 Å². The van der Waals surface area contributed by atoms with Crippen LogP contribution in [0.2, 0.25) is 0 Å². The third-order valence-electron chi connectivity index (χ3n) is 5.36. The Morgan fingerprint density at radius 2 is 2.04 bits per heavy atom. The number of carbonyl (C=O) groups excluding carboxylic acids is 2. The number of ether oxygens (including phenoxy) is 1. The first-order valence-electron chi connectivity index (χ1n) is 9.82. The maximum atomic E-state index is 12.5. The van der Waals surface area contributed by atoms with Gasteiger partial charge in [0.1, 0.15) is 0 Å². The predicted octanol–water partition coefficient (Wildman–Crippen LogP) is 1.27. The first-order valence-corrected chi connectivity index (χ1v) is 9.82. The highest BCUT2D eigenvalue weighted by atomic mass is 16.5. The van der Waals surface area contributed by atoms with Crippen LogP contribution in [0.25, 0.3) is 0 Å². The summed E-state index contributed by atoms with van der Waals surface area (Å²) in [4.78, 5) is 28.6. The lowest BCUT2D eigenvalue weighted by Gasteiger charge is -2.32. The Hall–Kier alpha value is -2.12. The minimum Gasteiger partial charge on any atom is -0.379 e. The number of rotatable bonds is 5. The van der Waals surface area contributed by atoms with Gasteiger partial charge in [-0.25, -0.2) is 4.79 Å². The maximum absolute atomic E-state index is 12.5. The van der Waals surface area contributed by atoms with E-state index < -0.39 is 0 Å². The van der Waals surface area contributed by atoms with Crippen LogP contribution < -0.4 is 10.6 Å². The molecule has 0 spiro atoms. The van der Waals surface area contributed by atoms with Crippen molar-refractivity contribution in [2.45, 2.75) is 18.8 Å². The Labute approximate surface area is 161 Å². The van der Waals surface area contributed by atoms with Gasteiger partial charge in [0.15, 0.2) is 0 Å². The van der Waals surface area contributed by atoms with Gasteiger partial charge in [-0.2, -0.15) is 0 Å². The molecule has 3 amide bonds. The van der Waals surface area contributed by atoms with Crippen LogP contribution in [0, 0.1) is 0 Å². The number of amides is 3. The summed E-state index contributed by atoms with van der Waals surface area (Å²) >= 11 is 0. The molecule has 1 aromatic rings. The third kappa shape index (κ3) is 5.43. The van der Waals surface area contributed by atoms with Crippen LogP contribution in [0.3, 0.4) is 0 Å². The normalized spacial score (nSPS) is 20.9. The van der Waals surface area contributed by atoms with Crippen LogP contribution in [0.4, 0.5) is 4.79 Å². The smallest absolute Gasteiger partial charge is 0.317 e. The lowest BCUT2D eigenvalue weighted by molar-refractivity contribution is 0.0383. The number of hydrogen-bond acceptors (Lipinski definition) is 4. The van der Waals surface area contributed by atoms with Gasteiger partial charge in [0.05, 0.1) is 13.2 Å². The number of urea groups is 1. The van der Waals surface area contributed by atoms with Gasteiger partial charge < -0.3 is 20.3 Å². The second-order valence-electron chi connectivity index (χ2n) is 7.18. The largest absolute Gasteiger partial charge is 0.379 e. The standard InChI is InChI=1S/C20H30N4O3/c1-21-20(26)24-8-3-6-18(15-24)16-4-2-5-17(14-16)19(25)22-7-9-23-10-12-27-13-11-23/h2,4-5,14,18H,3,6-13,15H2,1H3,(H,21,26)(H,22,25). The lowest BCUT2D eigenvalue weighted by atomic mass is 9.89. The highest BCUT2D eigenvalue weighted by Crippen LogP contribution is 2.27. The second-order valence-corrected chi connectivity index (χ2v) is 7.18. The molecule has 0 radical (unpaired) electrons. The monoisotopic (exact) mass is 374 g/mol. The molecule has 1 unspecified atom stereocenters. The van der Waals surface area contributed by atoms with Gasteiger partial charge in [-0.3, -0.25) is 9.69 Å². The predicted molar refractivity (Wildman–Crippen MR) is 104 cm³/mol. The van der Waals surface area contributed by atoms with E-state index in [1.807, 2.05) is 23.1 Å². The number of benzene rings is 1. The fraction of sp³-hybridized carbons (Fsp3) is 0.600. The average molecular weight is 374 g/mol. The molecule has 2 saturated heterocycles. The molecule has 1 atom stereocenters. The molecule has 0 aliphatic carbocycles. The molecule has 2 fully saturated rings. The Bertz CT molecular complexity index is 646. The van der Waals surface area contributed by atoms with E-state index >= 15 is 0 Å². The molecule has 1 aromatic carbocycles. The van der Waals surface area contributed by atoms with E-state index in [2.05, 4.69) is 21.6 Å². The van der Waals surface area contributed by atoms with Gasteiger partial charge in [-0.05, 0) is 30.5 Å². The first kappa shape index (κ1) is 19.6. The summed E-state index contributed by atoms with van der Waals surface area (Å²) in [6.45, 7) is 6.35. The third-order valence-corrected chi connectivity index (χ3v) is 5.36. The molecule has 0 saturated carbocycles. The van der Waals surface area contributed by atoms with Crippen LogP contribution >= 0.6 is 0 Å². The van der Waals surface area contributed by atoms with E-state index in [1.165, 1.54) is 0 Å². The molecule has 0 aromatic heterocycles. The maximum Gasteiger partial charge on any atom is 0.317 e. The van der Waals surface area contributed by atoms with Crippen molar-refractivity contribution in [2.75, 3.05) is 59.5 Å². The zero-order chi connectivity index (χ0) is 19.1. The summed E-state index contributed by atoms with van der Waals surface area (Å²) in [5, 5.41) is 5.71. The fourth-order valence-electron chi connectivity index (χ4n) is 3.78. The Morgan fingerprint density at radius 3 is 2.81 bits per heavy atom. The number of likely N-dealkylation sites (tertiary alicyclic amines) is 1. The summed E-state index contributed by atoms with van der Waals surface area (Å²) in [7, 11) is 1.66. The van der Waals surface area contributed by atoms with Crippen LogP contribution in [-0.2, 0) is 4.74 Å². The topological polar surface area (TPSA) is 73.9 Å². The zero-order valence-corrected chi connectivity index (χ0v) is 16.1. The molecule has 0 bridgehead atoms. The summed E-state index contributed by atoms with van der Waals surface area (Å²) in [6.07, 6.45) is 2.02. The van der Waals surface area contributed by atoms with E-state index in [0.29, 0.717) is 18.7 Å². The molecule has 27 heavy (non-hydrogen) atoms. The van der Waals surface area contributed by atoms with E-state index in [0.717, 1.165) is 57.8 Å². The van der Waals surface area contributed by atoms with E-state index in [4.69, 9.17) is 4.74 Å². The Kier molecular flexibility index (Phi) is 7.06. The van der Waals surface area contributed by atoms with E-state index in [-0.39, 0.29) is 17.9 Å². The van der Waals surface area contributed by atoms with Crippen molar-refractivity contribution >= 4 is 11.9 Å². The van der Waals surface area contributed by atoms with Gasteiger partial charge in [0.2, 0.25) is 0 Å². The molecular formula is C20H30N4O3. The molecular weight excluding hydrogens is 344 g/mol. The molecule has 2 aliphatic heterocycles. The zero-order valence-electron chi connectivity index (χ0n) is 16.1. The molecule has 7 heteroatoms. The number of carbonyl (C=O) groups is 2. The molecule has 148 valence electrons. The van der Waals surface area contributed by atoms with Crippen LogP contribution in [-0.4, -0.2) is 81.3 Å². The first-order chi connectivity index (χ1) is 13.2. The molecule has 7 nitrogen and oxygen atoms in total. The summed E-state index contributed by atoms with van der Waals surface area (Å²) < 4.78 is 5.34. The number of nitrogens with one attached hydrogen (secondary N) is 2. The summed E-state index contributed by atoms with van der Waals surface area (Å²) in [6, 6.07) is 7.79. The number of nitrogens with zero attached hydrogens (tertiary/aromatic N) is 2. The van der Waals surface area contributed by atoms with Gasteiger partial charge in [-0.15, -0.1) is 0 Å². The van der Waals surface area contributed by atoms with Gasteiger partial charge in [0.25, 0.3) is 5.91 Å². The molecule has 2 aliphatic rings. The van der Waals surface area contributed by atoms with Crippen molar-refractivity contribution in [3.63, 3.8) is 0 Å². The Balaban J connectivity index is 1.54. The second kappa shape index (κ2) is 9.71. The van der Waals surface area contributed by atoms with Crippen molar-refractivity contribution in [1.29, 1.82) is 0 Å². The van der Waals surface area contributed by atoms with Crippen molar-refractivity contribution in [3.05, 3.63) is 35.4 Å².